The summed E-state index contributed by atoms with van der Waals surface area (Å²) in [5.41, 5.74) is 0. The largest absolute Gasteiger partial charge is 0.373 e. The lowest BCUT2D eigenvalue weighted by Crippen LogP contribution is -2.50. The first-order valence-electron chi connectivity index (χ1n) is 9.98. The van der Waals surface area contributed by atoms with Gasteiger partial charge in [-0.3, -0.25) is 4.99 Å². The zero-order valence-corrected chi connectivity index (χ0v) is 19.9. The van der Waals surface area contributed by atoms with Gasteiger partial charge >= 0.3 is 0 Å². The van der Waals surface area contributed by atoms with Crippen molar-refractivity contribution in [1.29, 1.82) is 0 Å². The average molecular weight is 514 g/mol. The van der Waals surface area contributed by atoms with E-state index >= 15 is 0 Å². The summed E-state index contributed by atoms with van der Waals surface area (Å²) in [6.45, 7) is 7.22. The third-order valence-corrected chi connectivity index (χ3v) is 7.72. The zero-order valence-electron chi connectivity index (χ0n) is 16.8. The Morgan fingerprint density at radius 1 is 1.07 bits per heavy atom. The highest BCUT2D eigenvalue weighted by Crippen LogP contribution is 2.35. The minimum atomic E-state index is -3.28. The molecule has 2 saturated heterocycles. The summed E-state index contributed by atoms with van der Waals surface area (Å²) in [5.74, 6) is 2.50. The molecule has 27 heavy (non-hydrogen) atoms. The number of guanidine groups is 1. The summed E-state index contributed by atoms with van der Waals surface area (Å²) in [6.07, 6.45) is 5.22. The van der Waals surface area contributed by atoms with E-state index in [4.69, 9.17) is 4.74 Å². The number of ether oxygens (including phenoxy) is 1. The molecule has 0 spiro atoms. The van der Waals surface area contributed by atoms with Crippen molar-refractivity contribution in [2.75, 3.05) is 45.5 Å². The Morgan fingerprint density at radius 3 is 2.15 bits per heavy atom. The van der Waals surface area contributed by atoms with Crippen LogP contribution in [0.25, 0.3) is 0 Å². The van der Waals surface area contributed by atoms with Crippen LogP contribution in [0.1, 0.15) is 39.5 Å². The Bertz CT molecular complexity index is 592. The van der Waals surface area contributed by atoms with Gasteiger partial charge in [0, 0.05) is 39.8 Å². The number of hydrogen-bond acceptors (Lipinski definition) is 4. The second kappa shape index (κ2) is 10.1. The number of morpholine rings is 1. The summed E-state index contributed by atoms with van der Waals surface area (Å²) in [6, 6.07) is 0. The summed E-state index contributed by atoms with van der Waals surface area (Å²) in [5, 5.41) is 3.28. The van der Waals surface area contributed by atoms with Crippen molar-refractivity contribution in [2.45, 2.75) is 51.7 Å². The topological polar surface area (TPSA) is 74.2 Å². The molecule has 158 valence electrons. The fourth-order valence-electron chi connectivity index (χ4n) is 4.69. The molecule has 0 aromatic carbocycles. The number of sulfonamides is 1. The Hall–Kier alpha value is -0.130. The van der Waals surface area contributed by atoms with Gasteiger partial charge in [0.05, 0.1) is 18.0 Å². The van der Waals surface area contributed by atoms with E-state index in [1.54, 1.807) is 11.4 Å². The smallest absolute Gasteiger partial charge is 0.216 e. The van der Waals surface area contributed by atoms with E-state index in [2.05, 4.69) is 15.2 Å². The van der Waals surface area contributed by atoms with Gasteiger partial charge in [-0.25, -0.2) is 8.42 Å². The number of nitrogens with one attached hydrogen (secondary N) is 1. The summed E-state index contributed by atoms with van der Waals surface area (Å²) < 4.78 is 32.5. The van der Waals surface area contributed by atoms with Crippen LogP contribution in [0, 0.1) is 11.8 Å². The predicted molar refractivity (Wildman–Crippen MR) is 119 cm³/mol. The molecule has 9 heteroatoms. The van der Waals surface area contributed by atoms with E-state index in [0.717, 1.165) is 30.9 Å². The van der Waals surface area contributed by atoms with Gasteiger partial charge < -0.3 is 15.0 Å². The molecule has 4 atom stereocenters. The molecule has 0 bridgehead atoms. The Kier molecular flexibility index (Phi) is 8.63. The number of aliphatic imine (C=N–C) groups is 1. The quantitative estimate of drug-likeness (QED) is 0.352. The van der Waals surface area contributed by atoms with Crippen molar-refractivity contribution in [3.8, 4) is 0 Å². The monoisotopic (exact) mass is 514 g/mol. The number of nitrogens with zero attached hydrogens (tertiary/aromatic N) is 3. The number of halogens is 1. The van der Waals surface area contributed by atoms with Crippen molar-refractivity contribution in [2.24, 2.45) is 16.8 Å². The highest BCUT2D eigenvalue weighted by Gasteiger charge is 2.36. The molecule has 3 rings (SSSR count). The van der Waals surface area contributed by atoms with E-state index in [-0.39, 0.29) is 41.9 Å². The van der Waals surface area contributed by atoms with Gasteiger partial charge in [-0.1, -0.05) is 12.8 Å². The molecule has 2 heterocycles. The second-order valence-corrected chi connectivity index (χ2v) is 10.2. The third-order valence-electron chi connectivity index (χ3n) is 5.91. The molecule has 1 aliphatic carbocycles. The molecule has 0 aromatic heterocycles. The van der Waals surface area contributed by atoms with Crippen LogP contribution in [0.2, 0.25) is 0 Å². The molecule has 7 nitrogen and oxygen atoms in total. The summed E-state index contributed by atoms with van der Waals surface area (Å²) in [7, 11) is -1.50. The maximum atomic E-state index is 12.6. The molecule has 4 unspecified atom stereocenters. The van der Waals surface area contributed by atoms with Crippen molar-refractivity contribution in [3.05, 3.63) is 0 Å². The molecule has 0 radical (unpaired) electrons. The van der Waals surface area contributed by atoms with Crippen LogP contribution in [0.3, 0.4) is 0 Å². The lowest BCUT2D eigenvalue weighted by Gasteiger charge is -2.34. The van der Waals surface area contributed by atoms with Crippen LogP contribution in [-0.4, -0.2) is 81.3 Å². The van der Waals surface area contributed by atoms with Gasteiger partial charge in [0.15, 0.2) is 5.96 Å². The van der Waals surface area contributed by atoms with Gasteiger partial charge in [0.25, 0.3) is 0 Å². The predicted octanol–water partition coefficient (Wildman–Crippen LogP) is 1.74. The number of likely N-dealkylation sites (tertiary alicyclic amines) is 1. The van der Waals surface area contributed by atoms with Gasteiger partial charge in [0.2, 0.25) is 10.0 Å². The highest BCUT2D eigenvalue weighted by molar-refractivity contribution is 14.0. The van der Waals surface area contributed by atoms with E-state index in [9.17, 15) is 8.42 Å². The first-order chi connectivity index (χ1) is 12.4. The first-order valence-corrected chi connectivity index (χ1v) is 11.6. The Balaban J connectivity index is 0.00000261. The fraction of sp³-hybridized carbons (Fsp3) is 0.944. The van der Waals surface area contributed by atoms with Crippen LogP contribution in [0.4, 0.5) is 0 Å². The van der Waals surface area contributed by atoms with E-state index in [1.807, 2.05) is 13.8 Å². The van der Waals surface area contributed by atoms with Gasteiger partial charge in [-0.05, 0) is 38.5 Å². The molecule has 3 aliphatic rings. The molecule has 1 N–H and O–H groups in total. The fourth-order valence-corrected chi connectivity index (χ4v) is 6.18. The average Bonchev–Trinajstić information content (AvgIpc) is 3.01. The van der Waals surface area contributed by atoms with Crippen LogP contribution >= 0.6 is 24.0 Å². The summed E-state index contributed by atoms with van der Waals surface area (Å²) in [4.78, 5) is 6.70. The third kappa shape index (κ3) is 5.93. The molecular formula is C18H35IN4O3S. The molecule has 0 aromatic rings. The number of rotatable bonds is 4. The van der Waals surface area contributed by atoms with Gasteiger partial charge in [-0.15, -0.1) is 24.0 Å². The normalized spacial score (nSPS) is 32.7. The maximum absolute atomic E-state index is 12.6. The SMILES string of the molecule is CN=C(NCCS(=O)(=O)N1CC(C)OC(C)C1)N1CC2CCCCC2C1.I. The molecule has 2 aliphatic heterocycles. The van der Waals surface area contributed by atoms with E-state index in [0.29, 0.717) is 19.6 Å². The Labute approximate surface area is 181 Å². The van der Waals surface area contributed by atoms with Gasteiger partial charge in [-0.2, -0.15) is 4.31 Å². The van der Waals surface area contributed by atoms with E-state index in [1.165, 1.54) is 25.7 Å². The van der Waals surface area contributed by atoms with Crippen molar-refractivity contribution in [3.63, 3.8) is 0 Å². The standard InChI is InChI=1S/C18H34N4O3S.HI/c1-14-10-22(11-15(2)25-14)26(23,24)9-8-20-18(19-3)21-12-16-6-4-5-7-17(16)13-21;/h14-17H,4-13H2,1-3H3,(H,19,20);1H. The van der Waals surface area contributed by atoms with E-state index < -0.39 is 10.0 Å². The zero-order chi connectivity index (χ0) is 18.7. The number of hydrogen-bond donors (Lipinski definition) is 1. The van der Waals surface area contributed by atoms with Crippen LogP contribution in [0.15, 0.2) is 4.99 Å². The van der Waals surface area contributed by atoms with Crippen LogP contribution in [-0.2, 0) is 14.8 Å². The van der Waals surface area contributed by atoms with Crippen molar-refractivity contribution < 1.29 is 13.2 Å². The molecular weight excluding hydrogens is 479 g/mol. The molecule has 0 amide bonds. The molecule has 1 saturated carbocycles. The highest BCUT2D eigenvalue weighted by atomic mass is 127. The first kappa shape index (κ1) is 23.2. The lowest BCUT2D eigenvalue weighted by atomic mass is 9.82. The van der Waals surface area contributed by atoms with Crippen LogP contribution in [0.5, 0.6) is 0 Å². The molecule has 3 fully saturated rings. The lowest BCUT2D eigenvalue weighted by molar-refractivity contribution is -0.0440. The number of fused-ring (bicyclic) bond motifs is 1. The minimum absolute atomic E-state index is 0. The summed E-state index contributed by atoms with van der Waals surface area (Å²) >= 11 is 0. The van der Waals surface area contributed by atoms with Gasteiger partial charge in [0.1, 0.15) is 0 Å². The second-order valence-electron chi connectivity index (χ2n) is 8.07. The van der Waals surface area contributed by atoms with Crippen LogP contribution < -0.4 is 5.32 Å². The minimum Gasteiger partial charge on any atom is -0.373 e. The van der Waals surface area contributed by atoms with Crippen molar-refractivity contribution in [1.82, 2.24) is 14.5 Å². The maximum Gasteiger partial charge on any atom is 0.216 e. The van der Waals surface area contributed by atoms with Crippen molar-refractivity contribution >= 4 is 40.0 Å². The Morgan fingerprint density at radius 2 is 1.63 bits per heavy atom.